The highest BCUT2D eigenvalue weighted by Gasteiger charge is 2.29. The van der Waals surface area contributed by atoms with Crippen molar-refractivity contribution in [2.45, 2.75) is 40.5 Å². The van der Waals surface area contributed by atoms with Crippen LogP contribution in [0.3, 0.4) is 0 Å². The standard InChI is InChI=1S/C27H36O5/c1-20(2)19-32-26(28)27(3,4)14-7-15-31-25-17-22(16-24(18-25)30-6)9-8-21-10-12-23(29-5)13-11-21/h8-13,16-18,20H,7,14-15,19H2,1-6H3/b9-8+/i5D3. The van der Waals surface area contributed by atoms with Crippen molar-refractivity contribution in [1.29, 1.82) is 0 Å². The van der Waals surface area contributed by atoms with Crippen LogP contribution in [0.25, 0.3) is 12.2 Å². The molecule has 0 radical (unpaired) electrons. The minimum atomic E-state index is -2.47. The van der Waals surface area contributed by atoms with Crippen LogP contribution in [0.4, 0.5) is 0 Å². The van der Waals surface area contributed by atoms with E-state index in [1.54, 1.807) is 31.4 Å². The van der Waals surface area contributed by atoms with Gasteiger partial charge in [0.2, 0.25) is 0 Å². The fourth-order valence-electron chi connectivity index (χ4n) is 2.97. The van der Waals surface area contributed by atoms with E-state index in [2.05, 4.69) is 0 Å². The molecule has 0 aromatic heterocycles. The van der Waals surface area contributed by atoms with Gasteiger partial charge in [0.1, 0.15) is 17.2 Å². The van der Waals surface area contributed by atoms with Gasteiger partial charge in [-0.25, -0.2) is 0 Å². The number of ether oxygens (including phenoxy) is 4. The van der Waals surface area contributed by atoms with E-state index < -0.39 is 12.5 Å². The molecular formula is C27H36O5. The highest BCUT2D eigenvalue weighted by molar-refractivity contribution is 5.75. The number of rotatable bonds is 12. The molecule has 2 aromatic rings. The zero-order chi connectivity index (χ0) is 26.1. The number of hydrogen-bond acceptors (Lipinski definition) is 5. The van der Waals surface area contributed by atoms with Gasteiger partial charge in [0, 0.05) is 6.07 Å². The predicted molar refractivity (Wildman–Crippen MR) is 129 cm³/mol. The van der Waals surface area contributed by atoms with Gasteiger partial charge in [-0.05, 0) is 68.0 Å². The summed E-state index contributed by atoms with van der Waals surface area (Å²) in [5.41, 5.74) is 1.21. The second kappa shape index (κ2) is 12.2. The van der Waals surface area contributed by atoms with Crippen molar-refractivity contribution < 1.29 is 27.9 Å². The smallest absolute Gasteiger partial charge is 0.311 e. The highest BCUT2D eigenvalue weighted by Crippen LogP contribution is 2.27. The van der Waals surface area contributed by atoms with Crippen LogP contribution in [0.2, 0.25) is 0 Å². The molecule has 0 spiro atoms. The first-order valence-electron chi connectivity index (χ1n) is 12.3. The lowest BCUT2D eigenvalue weighted by molar-refractivity contribution is -0.155. The summed E-state index contributed by atoms with van der Waals surface area (Å²) in [5.74, 6) is 1.75. The largest absolute Gasteiger partial charge is 0.497 e. The molecule has 0 amide bonds. The van der Waals surface area contributed by atoms with Crippen molar-refractivity contribution in [3.8, 4) is 17.2 Å². The molecule has 0 N–H and O–H groups in total. The number of benzene rings is 2. The van der Waals surface area contributed by atoms with Crippen molar-refractivity contribution in [3.63, 3.8) is 0 Å². The zero-order valence-electron chi connectivity index (χ0n) is 22.6. The Kier molecular flexibility index (Phi) is 7.96. The number of hydrogen-bond donors (Lipinski definition) is 0. The van der Waals surface area contributed by atoms with Gasteiger partial charge >= 0.3 is 5.97 Å². The first kappa shape index (κ1) is 20.9. The van der Waals surface area contributed by atoms with Gasteiger partial charge in [-0.3, -0.25) is 4.79 Å². The molecule has 32 heavy (non-hydrogen) atoms. The summed E-state index contributed by atoms with van der Waals surface area (Å²) in [5, 5.41) is 0. The first-order valence-corrected chi connectivity index (χ1v) is 10.8. The summed E-state index contributed by atoms with van der Waals surface area (Å²) in [6, 6.07) is 12.4. The second-order valence-corrected chi connectivity index (χ2v) is 8.77. The number of carbonyl (C=O) groups excluding carboxylic acids is 1. The van der Waals surface area contributed by atoms with E-state index in [0.717, 1.165) is 11.1 Å². The van der Waals surface area contributed by atoms with E-state index >= 15 is 0 Å². The van der Waals surface area contributed by atoms with Gasteiger partial charge in [-0.2, -0.15) is 0 Å². The lowest BCUT2D eigenvalue weighted by Crippen LogP contribution is -2.28. The third-order valence-corrected chi connectivity index (χ3v) is 4.92. The fourth-order valence-corrected chi connectivity index (χ4v) is 2.97. The number of methoxy groups -OCH3 is 2. The summed E-state index contributed by atoms with van der Waals surface area (Å²) >= 11 is 0. The molecular weight excluding hydrogens is 404 g/mol. The molecule has 5 heteroatoms. The summed E-state index contributed by atoms with van der Waals surface area (Å²) < 4.78 is 43.1. The quantitative estimate of drug-likeness (QED) is 0.220. The van der Waals surface area contributed by atoms with Crippen molar-refractivity contribution >= 4 is 18.1 Å². The van der Waals surface area contributed by atoms with Gasteiger partial charge in [-0.1, -0.05) is 38.1 Å². The van der Waals surface area contributed by atoms with E-state index in [0.29, 0.717) is 43.5 Å². The van der Waals surface area contributed by atoms with Crippen molar-refractivity contribution in [2.24, 2.45) is 11.3 Å². The number of esters is 1. The van der Waals surface area contributed by atoms with E-state index in [4.69, 9.17) is 23.1 Å². The summed E-state index contributed by atoms with van der Waals surface area (Å²) in [7, 11) is -0.872. The van der Waals surface area contributed by atoms with Gasteiger partial charge in [0.15, 0.2) is 0 Å². The molecule has 2 aromatic carbocycles. The molecule has 0 aliphatic heterocycles. The van der Waals surface area contributed by atoms with Crippen LogP contribution >= 0.6 is 0 Å². The summed E-state index contributed by atoms with van der Waals surface area (Å²) in [6.45, 7) is 8.71. The average molecular weight is 444 g/mol. The Labute approximate surface area is 196 Å². The maximum Gasteiger partial charge on any atom is 0.311 e. The lowest BCUT2D eigenvalue weighted by atomic mass is 9.88. The SMILES string of the molecule is [2H]C([2H])([2H])Oc1ccc(/C=C/c2cc(OC)cc(OCCCC(C)(C)C(=O)OCC(C)C)c2)cc1. The van der Waals surface area contributed by atoms with Gasteiger partial charge < -0.3 is 18.9 Å². The Morgan fingerprint density at radius 2 is 1.69 bits per heavy atom. The summed E-state index contributed by atoms with van der Waals surface area (Å²) in [6.07, 6.45) is 5.19. The van der Waals surface area contributed by atoms with Crippen molar-refractivity contribution in [2.75, 3.05) is 27.4 Å². The van der Waals surface area contributed by atoms with Crippen LogP contribution in [0.15, 0.2) is 42.5 Å². The van der Waals surface area contributed by atoms with Crippen LogP contribution in [0.1, 0.15) is 55.8 Å². The molecule has 5 nitrogen and oxygen atoms in total. The van der Waals surface area contributed by atoms with Crippen LogP contribution in [-0.2, 0) is 9.53 Å². The molecule has 0 atom stereocenters. The Hall–Kier alpha value is -2.95. The maximum absolute atomic E-state index is 12.3. The van der Waals surface area contributed by atoms with Gasteiger partial charge in [0.05, 0.1) is 36.9 Å². The molecule has 0 bridgehead atoms. The van der Waals surface area contributed by atoms with Crippen LogP contribution in [-0.4, -0.2) is 33.3 Å². The van der Waals surface area contributed by atoms with E-state index in [9.17, 15) is 4.79 Å². The van der Waals surface area contributed by atoms with Crippen molar-refractivity contribution in [3.05, 3.63) is 53.6 Å². The zero-order valence-corrected chi connectivity index (χ0v) is 19.6. The third-order valence-electron chi connectivity index (χ3n) is 4.92. The predicted octanol–water partition coefficient (Wildman–Crippen LogP) is 6.26. The van der Waals surface area contributed by atoms with E-state index in [1.165, 1.54) is 0 Å². The Morgan fingerprint density at radius 3 is 2.34 bits per heavy atom. The Balaban J connectivity index is 1.95. The third kappa shape index (κ3) is 8.29. The topological polar surface area (TPSA) is 54.0 Å². The molecule has 0 saturated carbocycles. The van der Waals surface area contributed by atoms with E-state index in [-0.39, 0.29) is 11.7 Å². The van der Waals surface area contributed by atoms with E-state index in [1.807, 2.05) is 58.0 Å². The Morgan fingerprint density at radius 1 is 1.00 bits per heavy atom. The normalized spacial score (nSPS) is 13.4. The minimum absolute atomic E-state index is 0.182. The number of carbonyl (C=O) groups is 1. The monoisotopic (exact) mass is 443 g/mol. The molecule has 0 saturated heterocycles. The lowest BCUT2D eigenvalue weighted by Gasteiger charge is -2.23. The van der Waals surface area contributed by atoms with Gasteiger partial charge in [-0.15, -0.1) is 0 Å². The molecule has 0 unspecified atom stereocenters. The van der Waals surface area contributed by atoms with Gasteiger partial charge in [0.25, 0.3) is 0 Å². The molecule has 0 fully saturated rings. The Bertz CT molecular complexity index is 979. The maximum atomic E-state index is 12.3. The molecule has 0 heterocycles. The molecule has 0 aliphatic rings. The van der Waals surface area contributed by atoms with Crippen molar-refractivity contribution in [1.82, 2.24) is 0 Å². The fraction of sp³-hybridized carbons (Fsp3) is 0.444. The minimum Gasteiger partial charge on any atom is -0.497 e. The second-order valence-electron chi connectivity index (χ2n) is 8.77. The summed E-state index contributed by atoms with van der Waals surface area (Å²) in [4.78, 5) is 12.3. The molecule has 0 aliphatic carbocycles. The first-order chi connectivity index (χ1) is 16.4. The molecule has 174 valence electrons. The van der Waals surface area contributed by atoms with Crippen LogP contribution in [0, 0.1) is 11.3 Å². The highest BCUT2D eigenvalue weighted by atomic mass is 16.5. The van der Waals surface area contributed by atoms with Crippen LogP contribution in [0.5, 0.6) is 17.2 Å². The molecule has 2 rings (SSSR count). The van der Waals surface area contributed by atoms with Crippen LogP contribution < -0.4 is 14.2 Å². The average Bonchev–Trinajstić information content (AvgIpc) is 2.78.